The Morgan fingerprint density at radius 2 is 1.94 bits per heavy atom. The fourth-order valence-corrected chi connectivity index (χ4v) is 5.50. The number of amides is 1. The second kappa shape index (κ2) is 9.20. The molecule has 3 aromatic rings. The number of nitrogens with one attached hydrogen (secondary N) is 1. The summed E-state index contributed by atoms with van der Waals surface area (Å²) in [5.74, 6) is 0.185. The van der Waals surface area contributed by atoms with Crippen molar-refractivity contribution < 1.29 is 17.6 Å². The third-order valence-corrected chi connectivity index (χ3v) is 7.49. The summed E-state index contributed by atoms with van der Waals surface area (Å²) in [6, 6.07) is 10.3. The SMILES string of the molecule is CCCS(=O)(=O)c1ccccc1C(=O)Nc1ccc(F)c(-c2nnc3n2CCCCC3)c1. The Balaban J connectivity index is 1.66. The molecule has 7 nitrogen and oxygen atoms in total. The van der Waals surface area contributed by atoms with Crippen LogP contribution in [0.2, 0.25) is 0 Å². The van der Waals surface area contributed by atoms with Gasteiger partial charge in [0.2, 0.25) is 0 Å². The molecule has 1 amide bonds. The molecular formula is C23H25FN4O3S. The molecule has 0 atom stereocenters. The van der Waals surface area contributed by atoms with Gasteiger partial charge in [0.25, 0.3) is 5.91 Å². The number of hydrogen-bond acceptors (Lipinski definition) is 5. The smallest absolute Gasteiger partial charge is 0.256 e. The maximum absolute atomic E-state index is 14.7. The first-order valence-electron chi connectivity index (χ1n) is 10.8. The molecule has 1 aliphatic heterocycles. The molecule has 0 radical (unpaired) electrons. The van der Waals surface area contributed by atoms with E-state index in [0.717, 1.165) is 38.1 Å². The zero-order valence-electron chi connectivity index (χ0n) is 17.8. The van der Waals surface area contributed by atoms with Crippen molar-refractivity contribution in [1.29, 1.82) is 0 Å². The Hall–Kier alpha value is -3.07. The van der Waals surface area contributed by atoms with E-state index in [1.165, 1.54) is 30.3 Å². The minimum Gasteiger partial charge on any atom is -0.322 e. The van der Waals surface area contributed by atoms with Crippen LogP contribution in [0.25, 0.3) is 11.4 Å². The molecule has 0 aliphatic carbocycles. The largest absolute Gasteiger partial charge is 0.322 e. The Labute approximate surface area is 186 Å². The van der Waals surface area contributed by atoms with E-state index in [-0.39, 0.29) is 21.8 Å². The lowest BCUT2D eigenvalue weighted by Crippen LogP contribution is -2.18. The van der Waals surface area contributed by atoms with E-state index in [2.05, 4.69) is 15.5 Å². The number of carbonyl (C=O) groups is 1. The number of nitrogens with zero attached hydrogens (tertiary/aromatic N) is 3. The summed E-state index contributed by atoms with van der Waals surface area (Å²) in [6.07, 6.45) is 4.33. The molecule has 168 valence electrons. The van der Waals surface area contributed by atoms with E-state index in [9.17, 15) is 17.6 Å². The van der Waals surface area contributed by atoms with Gasteiger partial charge in [0.1, 0.15) is 11.6 Å². The van der Waals surface area contributed by atoms with Crippen LogP contribution in [-0.2, 0) is 22.8 Å². The molecule has 32 heavy (non-hydrogen) atoms. The molecule has 1 N–H and O–H groups in total. The molecule has 0 saturated heterocycles. The monoisotopic (exact) mass is 456 g/mol. The summed E-state index contributed by atoms with van der Waals surface area (Å²) in [6.45, 7) is 2.49. The highest BCUT2D eigenvalue weighted by Gasteiger charge is 2.23. The first kappa shape index (κ1) is 22.1. The highest BCUT2D eigenvalue weighted by Crippen LogP contribution is 2.28. The molecule has 9 heteroatoms. The predicted octanol–water partition coefficient (Wildman–Crippen LogP) is 4.25. The van der Waals surface area contributed by atoms with Crippen LogP contribution in [0.4, 0.5) is 10.1 Å². The maximum Gasteiger partial charge on any atom is 0.256 e. The van der Waals surface area contributed by atoms with Crippen LogP contribution in [0.15, 0.2) is 47.4 Å². The summed E-state index contributed by atoms with van der Waals surface area (Å²) in [7, 11) is -3.58. The van der Waals surface area contributed by atoms with Crippen LogP contribution in [0.5, 0.6) is 0 Å². The van der Waals surface area contributed by atoms with Crippen molar-refractivity contribution in [2.45, 2.75) is 50.5 Å². The lowest BCUT2D eigenvalue weighted by molar-refractivity contribution is 0.102. The van der Waals surface area contributed by atoms with Crippen LogP contribution in [0.3, 0.4) is 0 Å². The molecule has 2 heterocycles. The number of anilines is 1. The fraction of sp³-hybridized carbons (Fsp3) is 0.348. The normalized spacial score (nSPS) is 13.9. The van der Waals surface area contributed by atoms with Gasteiger partial charge in [-0.3, -0.25) is 4.79 Å². The Kier molecular flexibility index (Phi) is 6.36. The molecule has 0 fully saturated rings. The van der Waals surface area contributed by atoms with Gasteiger partial charge in [-0.1, -0.05) is 25.5 Å². The van der Waals surface area contributed by atoms with E-state index in [4.69, 9.17) is 0 Å². The third kappa shape index (κ3) is 4.43. The Bertz CT molecular complexity index is 1250. The number of fused-ring (bicyclic) bond motifs is 1. The average Bonchev–Trinajstić information content (AvgIpc) is 3.02. The predicted molar refractivity (Wildman–Crippen MR) is 120 cm³/mol. The summed E-state index contributed by atoms with van der Waals surface area (Å²) in [5.41, 5.74) is 0.651. The molecule has 0 bridgehead atoms. The second-order valence-electron chi connectivity index (χ2n) is 7.87. The molecule has 0 spiro atoms. The van der Waals surface area contributed by atoms with Crippen LogP contribution in [0, 0.1) is 5.82 Å². The van der Waals surface area contributed by atoms with Crippen molar-refractivity contribution in [3.63, 3.8) is 0 Å². The number of aryl methyl sites for hydroxylation is 1. The Morgan fingerprint density at radius 3 is 2.75 bits per heavy atom. The van der Waals surface area contributed by atoms with Gasteiger partial charge in [0.05, 0.1) is 21.8 Å². The van der Waals surface area contributed by atoms with Gasteiger partial charge in [0.15, 0.2) is 15.7 Å². The summed E-state index contributed by atoms with van der Waals surface area (Å²) in [5, 5.41) is 11.1. The fourth-order valence-electron chi connectivity index (χ4n) is 3.96. The molecule has 0 saturated carbocycles. The van der Waals surface area contributed by atoms with Crippen molar-refractivity contribution in [2.24, 2.45) is 0 Å². The summed E-state index contributed by atoms with van der Waals surface area (Å²) < 4.78 is 41.8. The molecule has 1 aromatic heterocycles. The standard InChI is InChI=1S/C23H25FN4O3S/c1-2-14-32(30,31)20-9-6-5-8-17(20)23(29)25-16-11-12-19(24)18(15-16)22-27-26-21-10-4-3-7-13-28(21)22/h5-6,8-9,11-12,15H,2-4,7,10,13-14H2,1H3,(H,25,29). The molecule has 0 unspecified atom stereocenters. The highest BCUT2D eigenvalue weighted by atomic mass is 32.2. The number of rotatable bonds is 6. The first-order chi connectivity index (χ1) is 15.4. The van der Waals surface area contributed by atoms with Crippen molar-refractivity contribution in [3.05, 3.63) is 59.7 Å². The van der Waals surface area contributed by atoms with E-state index in [0.29, 0.717) is 17.9 Å². The van der Waals surface area contributed by atoms with Gasteiger partial charge < -0.3 is 9.88 Å². The van der Waals surface area contributed by atoms with Gasteiger partial charge in [-0.15, -0.1) is 10.2 Å². The van der Waals surface area contributed by atoms with Crippen LogP contribution in [0.1, 0.15) is 48.8 Å². The number of hydrogen-bond donors (Lipinski definition) is 1. The number of carbonyl (C=O) groups excluding carboxylic acids is 1. The highest BCUT2D eigenvalue weighted by molar-refractivity contribution is 7.91. The minimum absolute atomic E-state index is 0.00976. The van der Waals surface area contributed by atoms with Crippen LogP contribution in [-0.4, -0.2) is 34.8 Å². The third-order valence-electron chi connectivity index (χ3n) is 5.51. The van der Waals surface area contributed by atoms with Crippen molar-refractivity contribution in [2.75, 3.05) is 11.1 Å². The van der Waals surface area contributed by atoms with Crippen LogP contribution >= 0.6 is 0 Å². The first-order valence-corrected chi connectivity index (χ1v) is 12.4. The number of benzene rings is 2. The summed E-state index contributed by atoms with van der Waals surface area (Å²) in [4.78, 5) is 12.9. The van der Waals surface area contributed by atoms with E-state index < -0.39 is 21.6 Å². The lowest BCUT2D eigenvalue weighted by atomic mass is 10.1. The lowest BCUT2D eigenvalue weighted by Gasteiger charge is -2.12. The quantitative estimate of drug-likeness (QED) is 0.599. The van der Waals surface area contributed by atoms with Crippen molar-refractivity contribution in [3.8, 4) is 11.4 Å². The average molecular weight is 457 g/mol. The van der Waals surface area contributed by atoms with Gasteiger partial charge in [-0.05, 0) is 49.6 Å². The molecule has 2 aromatic carbocycles. The number of sulfone groups is 1. The van der Waals surface area contributed by atoms with Crippen molar-refractivity contribution in [1.82, 2.24) is 14.8 Å². The van der Waals surface area contributed by atoms with E-state index >= 15 is 0 Å². The van der Waals surface area contributed by atoms with Gasteiger partial charge in [0, 0.05) is 18.7 Å². The van der Waals surface area contributed by atoms with Gasteiger partial charge in [-0.25, -0.2) is 12.8 Å². The zero-order chi connectivity index (χ0) is 22.7. The zero-order valence-corrected chi connectivity index (χ0v) is 18.7. The van der Waals surface area contributed by atoms with Gasteiger partial charge >= 0.3 is 0 Å². The number of halogens is 1. The van der Waals surface area contributed by atoms with E-state index in [1.807, 2.05) is 4.57 Å². The molecular weight excluding hydrogens is 431 g/mol. The van der Waals surface area contributed by atoms with Gasteiger partial charge in [-0.2, -0.15) is 0 Å². The molecule has 1 aliphatic rings. The van der Waals surface area contributed by atoms with E-state index in [1.54, 1.807) is 19.1 Å². The number of aromatic nitrogens is 3. The topological polar surface area (TPSA) is 93.9 Å². The molecule has 4 rings (SSSR count). The van der Waals surface area contributed by atoms with Crippen molar-refractivity contribution >= 4 is 21.4 Å². The second-order valence-corrected chi connectivity index (χ2v) is 9.94. The minimum atomic E-state index is -3.58. The summed E-state index contributed by atoms with van der Waals surface area (Å²) >= 11 is 0. The van der Waals surface area contributed by atoms with Crippen LogP contribution < -0.4 is 5.32 Å². The Morgan fingerprint density at radius 1 is 1.12 bits per heavy atom. The maximum atomic E-state index is 14.7.